The highest BCUT2D eigenvalue weighted by molar-refractivity contribution is 5.85. The van der Waals surface area contributed by atoms with E-state index in [4.69, 9.17) is 9.97 Å². The van der Waals surface area contributed by atoms with Gasteiger partial charge in [-0.15, -0.1) is 0 Å². The Morgan fingerprint density at radius 3 is 0.831 bits per heavy atom. The molecule has 0 saturated heterocycles. The molecule has 8 aromatic rings. The lowest BCUT2D eigenvalue weighted by atomic mass is 9.96. The van der Waals surface area contributed by atoms with Crippen LogP contribution in [0.3, 0.4) is 0 Å². The second-order valence-electron chi connectivity index (χ2n) is 15.2. The molecule has 0 aliphatic carbocycles. The van der Waals surface area contributed by atoms with E-state index in [9.17, 15) is 0 Å². The minimum atomic E-state index is 1.02. The van der Waals surface area contributed by atoms with Gasteiger partial charge in [0.1, 0.15) is 0 Å². The summed E-state index contributed by atoms with van der Waals surface area (Å²) in [7, 11) is 0. The van der Waals surface area contributed by atoms with Crippen LogP contribution in [0.25, 0.3) is 67.0 Å². The molecule has 0 aliphatic heterocycles. The average Bonchev–Trinajstić information content (AvgIpc) is 3.30. The van der Waals surface area contributed by atoms with Crippen molar-refractivity contribution in [2.24, 2.45) is 0 Å². The van der Waals surface area contributed by atoms with Gasteiger partial charge in [0.2, 0.25) is 0 Å². The zero-order valence-corrected chi connectivity index (χ0v) is 35.2. The van der Waals surface area contributed by atoms with Crippen LogP contribution in [-0.2, 0) is 0 Å². The highest BCUT2D eigenvalue weighted by atomic mass is 14.7. The van der Waals surface area contributed by atoms with Crippen molar-refractivity contribution < 1.29 is 0 Å². The van der Waals surface area contributed by atoms with Gasteiger partial charge in [-0.05, 0) is 82.3 Å². The Hall–Kier alpha value is -6.90. The molecule has 8 rings (SSSR count). The first-order valence-corrected chi connectivity index (χ1v) is 20.4. The van der Waals surface area contributed by atoms with Gasteiger partial charge in [-0.2, -0.15) is 0 Å². The molecule has 0 bridgehead atoms. The van der Waals surface area contributed by atoms with Crippen molar-refractivity contribution in [1.29, 1.82) is 0 Å². The molecule has 0 N–H and O–H groups in total. The molecule has 0 spiro atoms. The largest absolute Gasteiger partial charge is 0.255 e. The quantitative estimate of drug-likeness (QED) is 0.144. The van der Waals surface area contributed by atoms with Gasteiger partial charge in [0.25, 0.3) is 0 Å². The molecule has 2 nitrogen and oxygen atoms in total. The minimum absolute atomic E-state index is 1.02. The fourth-order valence-electron chi connectivity index (χ4n) is 6.59. The van der Waals surface area contributed by atoms with Gasteiger partial charge >= 0.3 is 0 Å². The van der Waals surface area contributed by atoms with Gasteiger partial charge in [-0.3, -0.25) is 9.97 Å². The van der Waals surface area contributed by atoms with Crippen LogP contribution in [0.2, 0.25) is 0 Å². The SMILES string of the molecule is CC(C)=C(C)CC(C)=C(C)C.c1ccc(-c2cnc(-c3ccccc3)c(-c3ccccc3)c2)cc1.c1ccc(-c2cnc(-c3ccccc3)c(-c3ccccc3)c2)cc1. The molecular weight excluding hydrogens is 713 g/mol. The molecule has 2 aromatic heterocycles. The summed E-state index contributed by atoms with van der Waals surface area (Å²) in [5.41, 5.74) is 19.5. The maximum Gasteiger partial charge on any atom is 0.0780 e. The van der Waals surface area contributed by atoms with Crippen LogP contribution in [-0.4, -0.2) is 9.97 Å². The van der Waals surface area contributed by atoms with Crippen LogP contribution in [0, 0.1) is 0 Å². The highest BCUT2D eigenvalue weighted by Gasteiger charge is 2.12. The number of pyridine rings is 2. The first-order valence-electron chi connectivity index (χ1n) is 20.4. The van der Waals surface area contributed by atoms with Crippen LogP contribution in [0.1, 0.15) is 48.0 Å². The number of benzene rings is 6. The van der Waals surface area contributed by atoms with E-state index in [0.29, 0.717) is 0 Å². The van der Waals surface area contributed by atoms with E-state index < -0.39 is 0 Å². The van der Waals surface area contributed by atoms with Crippen LogP contribution in [0.4, 0.5) is 0 Å². The molecular formula is C57H54N2. The van der Waals surface area contributed by atoms with Crippen molar-refractivity contribution >= 4 is 0 Å². The molecule has 292 valence electrons. The Bertz CT molecular complexity index is 2380. The van der Waals surface area contributed by atoms with Crippen molar-refractivity contribution in [2.75, 3.05) is 0 Å². The Balaban J connectivity index is 0.000000160. The summed E-state index contributed by atoms with van der Waals surface area (Å²) < 4.78 is 0. The van der Waals surface area contributed by atoms with Gasteiger partial charge in [-0.25, -0.2) is 0 Å². The summed E-state index contributed by atoms with van der Waals surface area (Å²) >= 11 is 0. The van der Waals surface area contributed by atoms with E-state index in [1.165, 1.54) is 44.5 Å². The molecule has 6 aromatic carbocycles. The standard InChI is InChI=1S/2C23H17N.C11H20/c2*1-4-10-18(11-5-1)21-16-22(19-12-6-2-7-13-19)23(24-17-21)20-14-8-3-9-15-20;1-8(2)10(5)7-11(6)9(3)4/h2*1-17H;7H2,1-6H3. The lowest BCUT2D eigenvalue weighted by Crippen LogP contribution is -1.91. The number of hydrogen-bond donors (Lipinski definition) is 0. The van der Waals surface area contributed by atoms with Crippen molar-refractivity contribution in [2.45, 2.75) is 48.0 Å². The summed E-state index contributed by atoms with van der Waals surface area (Å²) in [6, 6.07) is 66.9. The van der Waals surface area contributed by atoms with Gasteiger partial charge in [-0.1, -0.05) is 204 Å². The highest BCUT2D eigenvalue weighted by Crippen LogP contribution is 2.35. The molecule has 59 heavy (non-hydrogen) atoms. The number of aromatic nitrogens is 2. The van der Waals surface area contributed by atoms with Crippen molar-refractivity contribution in [1.82, 2.24) is 9.97 Å². The molecule has 0 amide bonds. The molecule has 0 fully saturated rings. The zero-order valence-electron chi connectivity index (χ0n) is 35.2. The lowest BCUT2D eigenvalue weighted by molar-refractivity contribution is 1.03. The zero-order chi connectivity index (χ0) is 41.4. The van der Waals surface area contributed by atoms with E-state index in [2.05, 4.69) is 199 Å². The van der Waals surface area contributed by atoms with Crippen LogP contribution in [0.15, 0.2) is 229 Å². The third-order valence-electron chi connectivity index (χ3n) is 10.5. The molecule has 2 heteroatoms. The number of nitrogens with zero attached hydrogens (tertiary/aromatic N) is 2. The maximum absolute atomic E-state index is 4.80. The minimum Gasteiger partial charge on any atom is -0.255 e. The van der Waals surface area contributed by atoms with E-state index >= 15 is 0 Å². The molecule has 0 aliphatic rings. The lowest BCUT2D eigenvalue weighted by Gasteiger charge is -2.12. The van der Waals surface area contributed by atoms with Crippen molar-refractivity contribution in [3.05, 3.63) is 229 Å². The van der Waals surface area contributed by atoms with E-state index in [0.717, 1.165) is 51.2 Å². The summed E-state index contributed by atoms with van der Waals surface area (Å²) in [5, 5.41) is 0. The van der Waals surface area contributed by atoms with Crippen LogP contribution in [0.5, 0.6) is 0 Å². The molecule has 0 saturated carbocycles. The fourth-order valence-corrected chi connectivity index (χ4v) is 6.59. The van der Waals surface area contributed by atoms with Gasteiger partial charge in [0.15, 0.2) is 0 Å². The predicted molar refractivity (Wildman–Crippen MR) is 254 cm³/mol. The van der Waals surface area contributed by atoms with E-state index in [1.807, 2.05) is 48.8 Å². The van der Waals surface area contributed by atoms with Crippen LogP contribution >= 0.6 is 0 Å². The molecule has 0 radical (unpaired) electrons. The smallest absolute Gasteiger partial charge is 0.0780 e. The molecule has 0 unspecified atom stereocenters. The Morgan fingerprint density at radius 2 is 0.559 bits per heavy atom. The van der Waals surface area contributed by atoms with Crippen molar-refractivity contribution in [3.63, 3.8) is 0 Å². The van der Waals surface area contributed by atoms with Gasteiger partial charge < -0.3 is 0 Å². The topological polar surface area (TPSA) is 25.8 Å². The number of rotatable bonds is 8. The Morgan fingerprint density at radius 1 is 0.305 bits per heavy atom. The first-order chi connectivity index (χ1) is 28.8. The van der Waals surface area contributed by atoms with E-state index in [1.54, 1.807) is 0 Å². The second kappa shape index (κ2) is 21.0. The summed E-state index contributed by atoms with van der Waals surface area (Å²) in [4.78, 5) is 9.60. The van der Waals surface area contributed by atoms with Crippen LogP contribution < -0.4 is 0 Å². The average molecular weight is 767 g/mol. The Kier molecular flexibility index (Phi) is 14.9. The monoisotopic (exact) mass is 766 g/mol. The van der Waals surface area contributed by atoms with E-state index in [-0.39, 0.29) is 0 Å². The van der Waals surface area contributed by atoms with Gasteiger partial charge in [0.05, 0.1) is 11.4 Å². The number of allylic oxidation sites excluding steroid dienone is 4. The maximum atomic E-state index is 4.80. The molecule has 0 atom stereocenters. The second-order valence-corrected chi connectivity index (χ2v) is 15.2. The first kappa shape index (κ1) is 41.7. The summed E-state index contributed by atoms with van der Waals surface area (Å²) in [5.74, 6) is 0. The van der Waals surface area contributed by atoms with Crippen molar-refractivity contribution in [3.8, 4) is 67.0 Å². The fraction of sp³-hybridized carbons (Fsp3) is 0.123. The Labute approximate surface area is 352 Å². The normalized spacial score (nSPS) is 10.3. The third kappa shape index (κ3) is 11.6. The summed E-state index contributed by atoms with van der Waals surface area (Å²) in [6.07, 6.45) is 5.07. The molecule has 2 heterocycles. The third-order valence-corrected chi connectivity index (χ3v) is 10.5. The van der Waals surface area contributed by atoms with Gasteiger partial charge in [0, 0.05) is 45.8 Å². The number of hydrogen-bond acceptors (Lipinski definition) is 2. The summed E-state index contributed by atoms with van der Waals surface area (Å²) in [6.45, 7) is 13.1. The predicted octanol–water partition coefficient (Wildman–Crippen LogP) is 16.3.